The molecule has 2 aliphatic carbocycles. The minimum absolute atomic E-state index is 0.0872. The fourth-order valence-electron chi connectivity index (χ4n) is 6.61. The Morgan fingerprint density at radius 2 is 1.83 bits per heavy atom. The van der Waals surface area contributed by atoms with Crippen LogP contribution in [0.15, 0.2) is 48.0 Å². The number of likely N-dealkylation sites (tertiary alicyclic amines) is 1. The van der Waals surface area contributed by atoms with E-state index in [0.29, 0.717) is 30.4 Å². The van der Waals surface area contributed by atoms with E-state index in [-0.39, 0.29) is 30.2 Å². The molecule has 3 fully saturated rings. The number of carboxylic acids is 1. The Hall–Kier alpha value is -3.59. The maximum absolute atomic E-state index is 13.9. The molecule has 2 amide bonds. The van der Waals surface area contributed by atoms with Crippen molar-refractivity contribution >= 4 is 34.3 Å². The lowest BCUT2D eigenvalue weighted by molar-refractivity contribution is -0.141. The van der Waals surface area contributed by atoms with E-state index in [1.54, 1.807) is 4.90 Å². The summed E-state index contributed by atoms with van der Waals surface area (Å²) in [5.74, 6) is -0.664. The average Bonchev–Trinajstić information content (AvgIpc) is 3.46. The van der Waals surface area contributed by atoms with Gasteiger partial charge in [-0.25, -0.2) is 4.98 Å². The minimum Gasteiger partial charge on any atom is -0.481 e. The van der Waals surface area contributed by atoms with Crippen LogP contribution in [0, 0.1) is 11.8 Å². The number of amides is 2. The van der Waals surface area contributed by atoms with Crippen LogP contribution in [0.1, 0.15) is 75.8 Å². The molecule has 220 valence electrons. The molecule has 0 radical (unpaired) electrons. The zero-order valence-electron chi connectivity index (χ0n) is 24.1. The molecule has 2 saturated carbocycles. The summed E-state index contributed by atoms with van der Waals surface area (Å²) < 4.78 is 0. The Bertz CT molecular complexity index is 1440. The van der Waals surface area contributed by atoms with Crippen LogP contribution in [0.4, 0.5) is 5.13 Å². The number of aliphatic carboxylic acids is 1. The average molecular weight is 587 g/mol. The smallest absolute Gasteiger partial charge is 0.304 e. The third kappa shape index (κ3) is 6.26. The van der Waals surface area contributed by atoms with E-state index in [9.17, 15) is 19.5 Å². The summed E-state index contributed by atoms with van der Waals surface area (Å²) in [6, 6.07) is 12.3. The van der Waals surface area contributed by atoms with Crippen molar-refractivity contribution in [3.05, 3.63) is 53.7 Å². The lowest BCUT2D eigenvalue weighted by Crippen LogP contribution is -2.39. The van der Waals surface area contributed by atoms with Gasteiger partial charge in [-0.15, -0.1) is 11.3 Å². The van der Waals surface area contributed by atoms with Crippen molar-refractivity contribution in [1.29, 1.82) is 0 Å². The standard InChI is InChI=1S/C33H38N4O4S/c1-36-19-23(11-15-30(36)38)28-14-10-22(18-34-28)26-8-4-5-9-27(26)29-20-42-33(35-29)37(25-12-13-25)32(41)24(17-31(39)40)16-21-6-2-3-7-21/h4-5,8-10,14,18,20-21,23-25H,2-3,6-7,11-13,15-17,19H2,1H3,(H,39,40)/t23?,24-/m1/s1. The summed E-state index contributed by atoms with van der Waals surface area (Å²) in [4.78, 5) is 50.9. The molecule has 0 spiro atoms. The Morgan fingerprint density at radius 1 is 1.07 bits per heavy atom. The second-order valence-corrected chi connectivity index (χ2v) is 13.0. The van der Waals surface area contributed by atoms with E-state index < -0.39 is 11.9 Å². The highest BCUT2D eigenvalue weighted by molar-refractivity contribution is 7.14. The third-order valence-corrected chi connectivity index (χ3v) is 9.90. The molecule has 1 aromatic carbocycles. The molecule has 1 unspecified atom stereocenters. The minimum atomic E-state index is -0.917. The van der Waals surface area contributed by atoms with Gasteiger partial charge in [-0.3, -0.25) is 24.3 Å². The van der Waals surface area contributed by atoms with Crippen LogP contribution in [0.5, 0.6) is 0 Å². The van der Waals surface area contributed by atoms with Crippen LogP contribution < -0.4 is 4.90 Å². The van der Waals surface area contributed by atoms with Crippen LogP contribution in [0.2, 0.25) is 0 Å². The number of nitrogens with zero attached hydrogens (tertiary/aromatic N) is 4. The Labute approximate surface area is 250 Å². The van der Waals surface area contributed by atoms with Gasteiger partial charge in [0.15, 0.2) is 5.13 Å². The fraction of sp³-hybridized carbons (Fsp3) is 0.485. The first-order valence-electron chi connectivity index (χ1n) is 15.2. The Morgan fingerprint density at radius 3 is 2.50 bits per heavy atom. The summed E-state index contributed by atoms with van der Waals surface area (Å²) in [6.45, 7) is 0.688. The molecule has 2 aromatic heterocycles. The predicted octanol–water partition coefficient (Wildman–Crippen LogP) is 6.37. The highest BCUT2D eigenvalue weighted by atomic mass is 32.1. The first-order chi connectivity index (χ1) is 20.4. The van der Waals surface area contributed by atoms with Crippen LogP contribution in [-0.2, 0) is 14.4 Å². The van der Waals surface area contributed by atoms with E-state index in [2.05, 4.69) is 18.2 Å². The zero-order chi connectivity index (χ0) is 29.2. The quantitative estimate of drug-likeness (QED) is 0.296. The Kier molecular flexibility index (Phi) is 8.38. The molecule has 3 heterocycles. The van der Waals surface area contributed by atoms with Gasteiger partial charge < -0.3 is 10.0 Å². The number of carboxylic acid groups (broad SMARTS) is 1. The van der Waals surface area contributed by atoms with Gasteiger partial charge in [-0.2, -0.15) is 0 Å². The number of thiazole rings is 1. The maximum atomic E-state index is 13.9. The third-order valence-electron chi connectivity index (χ3n) is 9.06. The van der Waals surface area contributed by atoms with Gasteiger partial charge in [0.1, 0.15) is 0 Å². The monoisotopic (exact) mass is 586 g/mol. The molecule has 0 bridgehead atoms. The lowest BCUT2D eigenvalue weighted by atomic mass is 9.90. The van der Waals surface area contributed by atoms with Gasteiger partial charge in [-0.1, -0.05) is 56.0 Å². The fourth-order valence-corrected chi connectivity index (χ4v) is 7.51. The number of hydrogen-bond donors (Lipinski definition) is 1. The number of piperidine rings is 1. The number of rotatable bonds is 10. The molecule has 3 aromatic rings. The first kappa shape index (κ1) is 28.5. The van der Waals surface area contributed by atoms with Crippen LogP contribution in [-0.4, -0.2) is 57.4 Å². The van der Waals surface area contributed by atoms with Gasteiger partial charge in [0.05, 0.1) is 12.1 Å². The molecular formula is C33H38N4O4S. The van der Waals surface area contributed by atoms with E-state index in [4.69, 9.17) is 9.97 Å². The second-order valence-electron chi connectivity index (χ2n) is 12.2. The summed E-state index contributed by atoms with van der Waals surface area (Å²) in [6.07, 6.45) is 10.1. The van der Waals surface area contributed by atoms with Crippen molar-refractivity contribution < 1.29 is 19.5 Å². The molecule has 42 heavy (non-hydrogen) atoms. The molecule has 3 aliphatic rings. The van der Waals surface area contributed by atoms with Gasteiger partial charge in [0.25, 0.3) is 0 Å². The Balaban J connectivity index is 1.24. The van der Waals surface area contributed by atoms with Crippen LogP contribution in [0.3, 0.4) is 0 Å². The SMILES string of the molecule is CN1CC(c2ccc(-c3ccccc3-c3csc(N(C(=O)[C@@H](CC(=O)O)CC4CCCC4)C4CC4)n3)cn2)CCC1=O. The van der Waals surface area contributed by atoms with Gasteiger partial charge in [0, 0.05) is 66.3 Å². The largest absolute Gasteiger partial charge is 0.481 e. The topological polar surface area (TPSA) is 104 Å². The van der Waals surface area contributed by atoms with Crippen LogP contribution in [0.25, 0.3) is 22.4 Å². The van der Waals surface area contributed by atoms with Crippen molar-refractivity contribution in [2.24, 2.45) is 11.8 Å². The number of benzene rings is 1. The number of pyridine rings is 1. The number of carbonyl (C=O) groups is 3. The molecule has 8 nitrogen and oxygen atoms in total. The second kappa shape index (κ2) is 12.3. The number of aromatic nitrogens is 2. The normalized spacial score (nSPS) is 20.1. The summed E-state index contributed by atoms with van der Waals surface area (Å²) in [5.41, 5.74) is 4.76. The number of hydrogen-bond acceptors (Lipinski definition) is 6. The van der Waals surface area contributed by atoms with E-state index in [1.165, 1.54) is 11.3 Å². The molecule has 9 heteroatoms. The molecule has 1 saturated heterocycles. The van der Waals surface area contributed by atoms with Crippen molar-refractivity contribution in [1.82, 2.24) is 14.9 Å². The van der Waals surface area contributed by atoms with Crippen molar-refractivity contribution in [3.63, 3.8) is 0 Å². The molecule has 2 atom stereocenters. The van der Waals surface area contributed by atoms with Crippen LogP contribution >= 0.6 is 11.3 Å². The summed E-state index contributed by atoms with van der Waals surface area (Å²) >= 11 is 1.45. The lowest BCUT2D eigenvalue weighted by Gasteiger charge is -2.29. The highest BCUT2D eigenvalue weighted by Gasteiger charge is 2.40. The highest BCUT2D eigenvalue weighted by Crippen LogP contribution is 2.41. The van der Waals surface area contributed by atoms with Gasteiger partial charge in [0.2, 0.25) is 11.8 Å². The maximum Gasteiger partial charge on any atom is 0.304 e. The van der Waals surface area contributed by atoms with E-state index >= 15 is 0 Å². The molecule has 6 rings (SSSR count). The number of carbonyl (C=O) groups excluding carboxylic acids is 2. The summed E-state index contributed by atoms with van der Waals surface area (Å²) in [7, 11) is 1.85. The van der Waals surface area contributed by atoms with Gasteiger partial charge in [-0.05, 0) is 43.2 Å². The van der Waals surface area contributed by atoms with Crippen molar-refractivity contribution in [2.45, 2.75) is 76.2 Å². The van der Waals surface area contributed by atoms with E-state index in [1.807, 2.05) is 41.7 Å². The van der Waals surface area contributed by atoms with Crippen molar-refractivity contribution in [2.75, 3.05) is 18.5 Å². The van der Waals surface area contributed by atoms with Gasteiger partial charge >= 0.3 is 5.97 Å². The molecular weight excluding hydrogens is 548 g/mol. The number of anilines is 1. The molecule has 1 N–H and O–H groups in total. The summed E-state index contributed by atoms with van der Waals surface area (Å²) in [5, 5.41) is 12.3. The predicted molar refractivity (Wildman–Crippen MR) is 163 cm³/mol. The first-order valence-corrected chi connectivity index (χ1v) is 16.1. The zero-order valence-corrected chi connectivity index (χ0v) is 24.9. The van der Waals surface area contributed by atoms with E-state index in [0.717, 1.165) is 73.0 Å². The van der Waals surface area contributed by atoms with Crippen molar-refractivity contribution in [3.8, 4) is 22.4 Å². The molecule has 1 aliphatic heterocycles. The number of likely N-dealkylation sites (N-methyl/N-ethyl adjacent to an activating group) is 1.